The number of carbonyl (C=O) groups is 2. The van der Waals surface area contributed by atoms with Crippen LogP contribution in [0.3, 0.4) is 0 Å². The molecule has 1 aromatic carbocycles. The number of Topliss-reactive ketones (excluding diaryl/α,β-unsaturated/α-hetero) is 1. The van der Waals surface area contributed by atoms with Crippen LogP contribution in [0.15, 0.2) is 18.2 Å². The Hall–Kier alpha value is -1.68. The molecule has 0 saturated carbocycles. The highest BCUT2D eigenvalue weighted by molar-refractivity contribution is 5.94. The van der Waals surface area contributed by atoms with Crippen molar-refractivity contribution < 1.29 is 14.3 Å². The number of ether oxygens (including phenoxy) is 1. The van der Waals surface area contributed by atoms with E-state index >= 15 is 0 Å². The highest BCUT2D eigenvalue weighted by Gasteiger charge is 2.18. The average Bonchev–Trinajstić information content (AvgIpc) is 2.48. The van der Waals surface area contributed by atoms with Gasteiger partial charge in [0.05, 0.1) is 5.56 Å². The van der Waals surface area contributed by atoms with E-state index in [0.717, 1.165) is 36.9 Å². The topological polar surface area (TPSA) is 55.4 Å². The molecule has 4 nitrogen and oxygen atoms in total. The van der Waals surface area contributed by atoms with Crippen molar-refractivity contribution in [3.05, 3.63) is 34.9 Å². The molecule has 0 radical (unpaired) electrons. The lowest BCUT2D eigenvalue weighted by Crippen LogP contribution is -2.21. The first-order chi connectivity index (χ1) is 10.5. The fourth-order valence-electron chi connectivity index (χ4n) is 2.40. The Balaban J connectivity index is 2.45. The number of ketones is 1. The lowest BCUT2D eigenvalue weighted by molar-refractivity contribution is -0.125. The maximum absolute atomic E-state index is 12.1. The monoisotopic (exact) mass is 305 g/mol. The molecule has 0 bridgehead atoms. The molecular formula is C18H27NO3. The van der Waals surface area contributed by atoms with Gasteiger partial charge in [0, 0.05) is 5.92 Å². The lowest BCUT2D eigenvalue weighted by atomic mass is 9.99. The molecule has 0 aromatic heterocycles. The molecule has 1 atom stereocenters. The average molecular weight is 305 g/mol. The van der Waals surface area contributed by atoms with E-state index in [1.54, 1.807) is 0 Å². The predicted octanol–water partition coefficient (Wildman–Crippen LogP) is 3.06. The van der Waals surface area contributed by atoms with Crippen molar-refractivity contribution in [2.24, 2.45) is 5.92 Å². The maximum Gasteiger partial charge on any atom is 0.339 e. The Kier molecular flexibility index (Phi) is 7.82. The van der Waals surface area contributed by atoms with Crippen LogP contribution in [0.2, 0.25) is 0 Å². The number of hydrogen-bond acceptors (Lipinski definition) is 4. The van der Waals surface area contributed by atoms with E-state index < -0.39 is 5.97 Å². The molecule has 0 aliphatic rings. The number of carbonyl (C=O) groups excluding carboxylic acids is 2. The molecule has 122 valence electrons. The van der Waals surface area contributed by atoms with Crippen LogP contribution >= 0.6 is 0 Å². The Labute approximate surface area is 133 Å². The standard InChI is InChI=1S/C18H27NO3/c1-13(8-5-6-11-19-4)16(20)12-22-18(21)17-14(2)9-7-10-15(17)3/h7,9-10,13,19H,5-6,8,11-12H2,1-4H3. The number of benzene rings is 1. The van der Waals surface area contributed by atoms with Gasteiger partial charge >= 0.3 is 5.97 Å². The third-order valence-corrected chi connectivity index (χ3v) is 3.89. The molecular weight excluding hydrogens is 278 g/mol. The quantitative estimate of drug-likeness (QED) is 0.563. The molecule has 0 fully saturated rings. The van der Waals surface area contributed by atoms with Crippen LogP contribution in [0.5, 0.6) is 0 Å². The van der Waals surface area contributed by atoms with E-state index in [0.29, 0.717) is 5.56 Å². The van der Waals surface area contributed by atoms with Gasteiger partial charge in [0.25, 0.3) is 0 Å². The van der Waals surface area contributed by atoms with E-state index in [-0.39, 0.29) is 18.3 Å². The number of unbranched alkanes of at least 4 members (excludes halogenated alkanes) is 1. The van der Waals surface area contributed by atoms with Gasteiger partial charge in [-0.25, -0.2) is 4.79 Å². The van der Waals surface area contributed by atoms with Crippen molar-refractivity contribution in [3.63, 3.8) is 0 Å². The summed E-state index contributed by atoms with van der Waals surface area (Å²) in [6, 6.07) is 5.64. The zero-order chi connectivity index (χ0) is 16.5. The molecule has 1 N–H and O–H groups in total. The summed E-state index contributed by atoms with van der Waals surface area (Å²) in [5.41, 5.74) is 2.31. The molecule has 0 spiro atoms. The van der Waals surface area contributed by atoms with Crippen molar-refractivity contribution in [1.82, 2.24) is 5.32 Å². The lowest BCUT2D eigenvalue weighted by Gasteiger charge is -2.12. The zero-order valence-corrected chi connectivity index (χ0v) is 14.1. The van der Waals surface area contributed by atoms with Gasteiger partial charge in [-0.2, -0.15) is 0 Å². The molecule has 0 amide bonds. The Morgan fingerprint density at radius 2 is 1.82 bits per heavy atom. The van der Waals surface area contributed by atoms with Gasteiger partial charge in [-0.1, -0.05) is 31.5 Å². The van der Waals surface area contributed by atoms with Crippen LogP contribution < -0.4 is 5.32 Å². The minimum absolute atomic E-state index is 0.0101. The predicted molar refractivity (Wildman–Crippen MR) is 88.1 cm³/mol. The van der Waals surface area contributed by atoms with Gasteiger partial charge in [-0.05, 0) is 51.4 Å². The maximum atomic E-state index is 12.1. The van der Waals surface area contributed by atoms with E-state index in [2.05, 4.69) is 5.32 Å². The van der Waals surface area contributed by atoms with Crippen LogP contribution in [0.25, 0.3) is 0 Å². The second kappa shape index (κ2) is 9.36. The van der Waals surface area contributed by atoms with E-state index in [9.17, 15) is 9.59 Å². The van der Waals surface area contributed by atoms with Gasteiger partial charge in [-0.15, -0.1) is 0 Å². The molecule has 1 aromatic rings. The number of nitrogens with one attached hydrogen (secondary N) is 1. The third-order valence-electron chi connectivity index (χ3n) is 3.89. The fourth-order valence-corrected chi connectivity index (χ4v) is 2.40. The van der Waals surface area contributed by atoms with Gasteiger partial charge in [0.1, 0.15) is 0 Å². The van der Waals surface area contributed by atoms with Crippen molar-refractivity contribution in [1.29, 1.82) is 0 Å². The Bertz CT molecular complexity index is 491. The number of rotatable bonds is 9. The number of hydrogen-bond donors (Lipinski definition) is 1. The molecule has 1 rings (SSSR count). The molecule has 0 saturated heterocycles. The van der Waals surface area contributed by atoms with E-state index in [1.807, 2.05) is 46.0 Å². The largest absolute Gasteiger partial charge is 0.454 e. The Morgan fingerprint density at radius 1 is 1.18 bits per heavy atom. The summed E-state index contributed by atoms with van der Waals surface area (Å²) in [5, 5.41) is 3.09. The zero-order valence-electron chi connectivity index (χ0n) is 14.1. The summed E-state index contributed by atoms with van der Waals surface area (Å²) >= 11 is 0. The second-order valence-electron chi connectivity index (χ2n) is 5.81. The summed E-state index contributed by atoms with van der Waals surface area (Å²) in [7, 11) is 1.92. The van der Waals surface area contributed by atoms with Crippen molar-refractivity contribution in [3.8, 4) is 0 Å². The Morgan fingerprint density at radius 3 is 2.41 bits per heavy atom. The fraction of sp³-hybridized carbons (Fsp3) is 0.556. The summed E-state index contributed by atoms with van der Waals surface area (Å²) < 4.78 is 5.20. The molecule has 4 heteroatoms. The summed E-state index contributed by atoms with van der Waals surface area (Å²) in [5.74, 6) is -0.488. The highest BCUT2D eigenvalue weighted by atomic mass is 16.5. The van der Waals surface area contributed by atoms with Crippen LogP contribution in [-0.2, 0) is 9.53 Å². The summed E-state index contributed by atoms with van der Waals surface area (Å²) in [4.78, 5) is 24.1. The van der Waals surface area contributed by atoms with Gasteiger partial charge in [0.15, 0.2) is 12.4 Å². The molecule has 22 heavy (non-hydrogen) atoms. The molecule has 0 aliphatic carbocycles. The normalized spacial score (nSPS) is 12.0. The molecule has 0 heterocycles. The van der Waals surface area contributed by atoms with Crippen LogP contribution in [-0.4, -0.2) is 32.0 Å². The highest BCUT2D eigenvalue weighted by Crippen LogP contribution is 2.15. The summed E-state index contributed by atoms with van der Waals surface area (Å²) in [6.07, 6.45) is 2.89. The van der Waals surface area contributed by atoms with Crippen molar-refractivity contribution >= 4 is 11.8 Å². The van der Waals surface area contributed by atoms with Gasteiger partial charge < -0.3 is 10.1 Å². The van der Waals surface area contributed by atoms with Crippen molar-refractivity contribution in [2.45, 2.75) is 40.0 Å². The third kappa shape index (κ3) is 5.60. The molecule has 0 aliphatic heterocycles. The second-order valence-corrected chi connectivity index (χ2v) is 5.81. The first kappa shape index (κ1) is 18.4. The first-order valence-electron chi connectivity index (χ1n) is 7.88. The molecule has 1 unspecified atom stereocenters. The SMILES string of the molecule is CNCCCCC(C)C(=O)COC(=O)c1c(C)cccc1C. The van der Waals surface area contributed by atoms with Crippen LogP contribution in [0.1, 0.15) is 47.7 Å². The van der Waals surface area contributed by atoms with Gasteiger partial charge in [-0.3, -0.25) is 4.79 Å². The summed E-state index contributed by atoms with van der Waals surface area (Å²) in [6.45, 7) is 6.46. The van der Waals surface area contributed by atoms with Crippen LogP contribution in [0.4, 0.5) is 0 Å². The minimum Gasteiger partial charge on any atom is -0.454 e. The van der Waals surface area contributed by atoms with Gasteiger partial charge in [0.2, 0.25) is 0 Å². The first-order valence-corrected chi connectivity index (χ1v) is 7.88. The minimum atomic E-state index is -0.411. The smallest absolute Gasteiger partial charge is 0.339 e. The van der Waals surface area contributed by atoms with E-state index in [1.165, 1.54) is 0 Å². The van der Waals surface area contributed by atoms with Crippen molar-refractivity contribution in [2.75, 3.05) is 20.2 Å². The number of esters is 1. The van der Waals surface area contributed by atoms with Crippen LogP contribution in [0, 0.1) is 19.8 Å². The van der Waals surface area contributed by atoms with E-state index in [4.69, 9.17) is 4.74 Å². The number of aryl methyl sites for hydroxylation is 2.